The van der Waals surface area contributed by atoms with Crippen LogP contribution >= 0.6 is 0 Å². The molecule has 82 valence electrons. The number of aryl methyl sites for hydroxylation is 1. The molecule has 0 fully saturated rings. The quantitative estimate of drug-likeness (QED) is 0.838. The Balaban J connectivity index is 2.34. The number of halogens is 1. The van der Waals surface area contributed by atoms with E-state index in [0.29, 0.717) is 5.56 Å². The van der Waals surface area contributed by atoms with Gasteiger partial charge >= 0.3 is 0 Å². The molecule has 0 spiro atoms. The summed E-state index contributed by atoms with van der Waals surface area (Å²) in [5.74, 6) is -0.211. The molecule has 2 aromatic rings. The molecule has 1 atom stereocenters. The molecule has 0 aliphatic rings. The van der Waals surface area contributed by atoms with Crippen molar-refractivity contribution in [1.29, 1.82) is 0 Å². The first-order valence-electron chi connectivity index (χ1n) is 5.11. The predicted octanol–water partition coefficient (Wildman–Crippen LogP) is 2.58. The van der Waals surface area contributed by atoms with Crippen LogP contribution in [0.5, 0.6) is 0 Å². The van der Waals surface area contributed by atoms with Gasteiger partial charge in [-0.3, -0.25) is 4.98 Å². The number of nitrogens with zero attached hydrogens (tertiary/aromatic N) is 1. The summed E-state index contributed by atoms with van der Waals surface area (Å²) in [6.45, 7) is 1.73. The number of benzene rings is 1. The van der Waals surface area contributed by atoms with Crippen molar-refractivity contribution in [2.24, 2.45) is 5.73 Å². The van der Waals surface area contributed by atoms with Crippen LogP contribution in [0.25, 0.3) is 0 Å². The molecule has 0 radical (unpaired) electrons. The molecule has 1 unspecified atom stereocenters. The highest BCUT2D eigenvalue weighted by molar-refractivity contribution is 5.31. The Labute approximate surface area is 93.9 Å². The molecule has 16 heavy (non-hydrogen) atoms. The van der Waals surface area contributed by atoms with Gasteiger partial charge in [0.1, 0.15) is 5.82 Å². The number of aromatic nitrogens is 1. The zero-order valence-electron chi connectivity index (χ0n) is 9.02. The summed E-state index contributed by atoms with van der Waals surface area (Å²) in [6.07, 6.45) is 1.70. The number of hydrogen-bond donors (Lipinski definition) is 1. The minimum Gasteiger partial charge on any atom is -0.319 e. The normalized spacial score (nSPS) is 12.4. The Kier molecular flexibility index (Phi) is 2.97. The molecule has 0 saturated heterocycles. The lowest BCUT2D eigenvalue weighted by atomic mass is 10.0. The van der Waals surface area contributed by atoms with Gasteiger partial charge in [-0.05, 0) is 36.2 Å². The van der Waals surface area contributed by atoms with E-state index in [1.54, 1.807) is 25.3 Å². The summed E-state index contributed by atoms with van der Waals surface area (Å²) in [5, 5.41) is 0. The molecule has 1 aromatic carbocycles. The number of pyridine rings is 1. The second-order valence-electron chi connectivity index (χ2n) is 3.74. The van der Waals surface area contributed by atoms with Crippen LogP contribution in [0.3, 0.4) is 0 Å². The van der Waals surface area contributed by atoms with Gasteiger partial charge in [-0.15, -0.1) is 0 Å². The van der Waals surface area contributed by atoms with Crippen molar-refractivity contribution in [3.8, 4) is 0 Å². The smallest absolute Gasteiger partial charge is 0.126 e. The van der Waals surface area contributed by atoms with Crippen molar-refractivity contribution in [2.75, 3.05) is 0 Å². The number of nitrogens with two attached hydrogens (primary N) is 1. The molecular formula is C13H13FN2. The zero-order valence-corrected chi connectivity index (χ0v) is 9.02. The van der Waals surface area contributed by atoms with E-state index in [0.717, 1.165) is 11.3 Å². The van der Waals surface area contributed by atoms with Crippen LogP contribution in [-0.4, -0.2) is 4.98 Å². The standard InChI is InChI=1S/C13H13FN2/c1-9-8-10(5-6-11(9)14)13(15)12-4-2-3-7-16-12/h2-8,13H,15H2,1H3. The Morgan fingerprint density at radius 1 is 1.25 bits per heavy atom. The first-order valence-corrected chi connectivity index (χ1v) is 5.11. The maximum absolute atomic E-state index is 13.1. The fourth-order valence-corrected chi connectivity index (χ4v) is 1.59. The van der Waals surface area contributed by atoms with E-state index in [9.17, 15) is 4.39 Å². The van der Waals surface area contributed by atoms with Crippen molar-refractivity contribution in [3.05, 3.63) is 65.2 Å². The summed E-state index contributed by atoms with van der Waals surface area (Å²) < 4.78 is 13.1. The van der Waals surface area contributed by atoms with E-state index < -0.39 is 0 Å². The fraction of sp³-hybridized carbons (Fsp3) is 0.154. The highest BCUT2D eigenvalue weighted by atomic mass is 19.1. The first kappa shape index (κ1) is 10.8. The number of rotatable bonds is 2. The summed E-state index contributed by atoms with van der Waals surface area (Å²) in [7, 11) is 0. The highest BCUT2D eigenvalue weighted by Crippen LogP contribution is 2.19. The summed E-state index contributed by atoms with van der Waals surface area (Å²) in [5.41, 5.74) is 8.31. The molecule has 2 rings (SSSR count). The summed E-state index contributed by atoms with van der Waals surface area (Å²) in [4.78, 5) is 4.19. The van der Waals surface area contributed by atoms with Gasteiger partial charge in [0.05, 0.1) is 11.7 Å². The van der Waals surface area contributed by atoms with Crippen molar-refractivity contribution < 1.29 is 4.39 Å². The van der Waals surface area contributed by atoms with Gasteiger partial charge < -0.3 is 5.73 Å². The lowest BCUT2D eigenvalue weighted by Gasteiger charge is -2.12. The third-order valence-corrected chi connectivity index (χ3v) is 2.55. The monoisotopic (exact) mass is 216 g/mol. The molecule has 2 nitrogen and oxygen atoms in total. The lowest BCUT2D eigenvalue weighted by molar-refractivity contribution is 0.616. The van der Waals surface area contributed by atoms with Crippen LogP contribution < -0.4 is 5.73 Å². The molecule has 1 aromatic heterocycles. The number of hydrogen-bond acceptors (Lipinski definition) is 2. The molecule has 0 aliphatic heterocycles. The molecule has 1 heterocycles. The second-order valence-corrected chi connectivity index (χ2v) is 3.74. The van der Waals surface area contributed by atoms with Crippen LogP contribution in [0, 0.1) is 12.7 Å². The van der Waals surface area contributed by atoms with Gasteiger partial charge in [0.25, 0.3) is 0 Å². The van der Waals surface area contributed by atoms with E-state index in [2.05, 4.69) is 4.98 Å². The molecule has 0 bridgehead atoms. The van der Waals surface area contributed by atoms with Crippen LogP contribution in [0.1, 0.15) is 22.9 Å². The van der Waals surface area contributed by atoms with Crippen molar-refractivity contribution in [3.63, 3.8) is 0 Å². The minimum atomic E-state index is -0.305. The van der Waals surface area contributed by atoms with E-state index >= 15 is 0 Å². The maximum atomic E-state index is 13.1. The van der Waals surface area contributed by atoms with Crippen LogP contribution in [-0.2, 0) is 0 Å². The van der Waals surface area contributed by atoms with Gasteiger partial charge in [-0.25, -0.2) is 4.39 Å². The molecule has 0 saturated carbocycles. The van der Waals surface area contributed by atoms with Gasteiger partial charge in [-0.1, -0.05) is 18.2 Å². The zero-order chi connectivity index (χ0) is 11.5. The fourth-order valence-electron chi connectivity index (χ4n) is 1.59. The van der Waals surface area contributed by atoms with E-state index in [4.69, 9.17) is 5.73 Å². The third-order valence-electron chi connectivity index (χ3n) is 2.55. The first-order chi connectivity index (χ1) is 7.68. The predicted molar refractivity (Wildman–Crippen MR) is 61.4 cm³/mol. The second kappa shape index (κ2) is 4.41. The Bertz CT molecular complexity index is 483. The van der Waals surface area contributed by atoms with E-state index in [-0.39, 0.29) is 11.9 Å². The SMILES string of the molecule is Cc1cc(C(N)c2ccccn2)ccc1F. The van der Waals surface area contributed by atoms with Gasteiger partial charge in [0, 0.05) is 6.20 Å². The van der Waals surface area contributed by atoms with Crippen molar-refractivity contribution in [2.45, 2.75) is 13.0 Å². The van der Waals surface area contributed by atoms with E-state index in [1.165, 1.54) is 6.07 Å². The largest absolute Gasteiger partial charge is 0.319 e. The third kappa shape index (κ3) is 2.09. The van der Waals surface area contributed by atoms with Gasteiger partial charge in [0.2, 0.25) is 0 Å². The van der Waals surface area contributed by atoms with Crippen LogP contribution in [0.15, 0.2) is 42.6 Å². The van der Waals surface area contributed by atoms with Crippen LogP contribution in [0.2, 0.25) is 0 Å². The molecule has 0 amide bonds. The summed E-state index contributed by atoms with van der Waals surface area (Å²) >= 11 is 0. The Morgan fingerprint density at radius 3 is 2.69 bits per heavy atom. The lowest BCUT2D eigenvalue weighted by Crippen LogP contribution is -2.13. The van der Waals surface area contributed by atoms with Crippen LogP contribution in [0.4, 0.5) is 4.39 Å². The Morgan fingerprint density at radius 2 is 2.06 bits per heavy atom. The van der Waals surface area contributed by atoms with Crippen molar-refractivity contribution in [1.82, 2.24) is 4.98 Å². The van der Waals surface area contributed by atoms with Gasteiger partial charge in [-0.2, -0.15) is 0 Å². The van der Waals surface area contributed by atoms with E-state index in [1.807, 2.05) is 18.2 Å². The topological polar surface area (TPSA) is 38.9 Å². The summed E-state index contributed by atoms with van der Waals surface area (Å²) in [6, 6.07) is 10.2. The molecule has 0 aliphatic carbocycles. The maximum Gasteiger partial charge on any atom is 0.126 e. The van der Waals surface area contributed by atoms with Crippen molar-refractivity contribution >= 4 is 0 Å². The Hall–Kier alpha value is -1.74. The highest BCUT2D eigenvalue weighted by Gasteiger charge is 2.10. The molecular weight excluding hydrogens is 203 g/mol. The molecule has 2 N–H and O–H groups in total. The average Bonchev–Trinajstić information content (AvgIpc) is 2.33. The molecule has 3 heteroatoms. The van der Waals surface area contributed by atoms with Gasteiger partial charge in [0.15, 0.2) is 0 Å². The minimum absolute atomic E-state index is 0.211. The average molecular weight is 216 g/mol.